The van der Waals surface area contributed by atoms with Gasteiger partial charge in [-0.25, -0.2) is 12.8 Å². The summed E-state index contributed by atoms with van der Waals surface area (Å²) in [6, 6.07) is 7.36. The average Bonchev–Trinajstić information content (AvgIpc) is 2.33. The van der Waals surface area contributed by atoms with E-state index < -0.39 is 15.8 Å². The first-order valence-corrected chi connectivity index (χ1v) is 7.43. The Labute approximate surface area is 120 Å². The van der Waals surface area contributed by atoms with Crippen LogP contribution in [-0.2, 0) is 10.0 Å². The maximum atomic E-state index is 12.9. The molecule has 0 aliphatic rings. The minimum absolute atomic E-state index is 0.0320. The Morgan fingerprint density at radius 1 is 1.20 bits per heavy atom. The van der Waals surface area contributed by atoms with Crippen LogP contribution in [0.4, 0.5) is 10.1 Å². The molecule has 0 spiro atoms. The quantitative estimate of drug-likeness (QED) is 0.913. The van der Waals surface area contributed by atoms with Crippen molar-refractivity contribution in [2.45, 2.75) is 11.8 Å². The van der Waals surface area contributed by atoms with Crippen LogP contribution in [0.15, 0.2) is 41.3 Å². The maximum Gasteiger partial charge on any atom is 0.263 e. The minimum atomic E-state index is -3.95. The van der Waals surface area contributed by atoms with Crippen LogP contribution in [-0.4, -0.2) is 13.5 Å². The van der Waals surface area contributed by atoms with Gasteiger partial charge in [0.05, 0.1) is 10.7 Å². The zero-order valence-electron chi connectivity index (χ0n) is 10.4. The van der Waals surface area contributed by atoms with E-state index in [1.807, 2.05) is 0 Å². The van der Waals surface area contributed by atoms with Crippen LogP contribution in [0.1, 0.15) is 5.56 Å². The number of nitrogens with one attached hydrogen (secondary N) is 1. The summed E-state index contributed by atoms with van der Waals surface area (Å²) in [5, 5.41) is 9.33. The minimum Gasteiger partial charge on any atom is -0.508 e. The van der Waals surface area contributed by atoms with Crippen molar-refractivity contribution in [2.24, 2.45) is 0 Å². The van der Waals surface area contributed by atoms with E-state index in [9.17, 15) is 17.9 Å². The smallest absolute Gasteiger partial charge is 0.263 e. The van der Waals surface area contributed by atoms with Gasteiger partial charge in [0.15, 0.2) is 0 Å². The van der Waals surface area contributed by atoms with Crippen molar-refractivity contribution >= 4 is 27.3 Å². The van der Waals surface area contributed by atoms with E-state index in [1.54, 1.807) is 13.0 Å². The van der Waals surface area contributed by atoms with Gasteiger partial charge >= 0.3 is 0 Å². The molecule has 2 aromatic carbocycles. The van der Waals surface area contributed by atoms with E-state index in [2.05, 4.69) is 4.72 Å². The SMILES string of the molecule is Cc1ccc(NS(=O)(=O)c2ccc(F)cc2Cl)cc1O. The number of halogens is 2. The summed E-state index contributed by atoms with van der Waals surface area (Å²) in [6.07, 6.45) is 0. The molecule has 2 aromatic rings. The van der Waals surface area contributed by atoms with Crippen LogP contribution in [0.25, 0.3) is 0 Å². The van der Waals surface area contributed by atoms with E-state index in [1.165, 1.54) is 12.1 Å². The average molecular weight is 316 g/mol. The van der Waals surface area contributed by atoms with Gasteiger partial charge in [-0.3, -0.25) is 4.72 Å². The molecule has 0 aliphatic carbocycles. The molecule has 0 fully saturated rings. The topological polar surface area (TPSA) is 66.4 Å². The Morgan fingerprint density at radius 3 is 2.50 bits per heavy atom. The number of phenols is 1. The van der Waals surface area contributed by atoms with Crippen LogP contribution in [0.2, 0.25) is 5.02 Å². The first-order valence-electron chi connectivity index (χ1n) is 5.57. The third-order valence-electron chi connectivity index (χ3n) is 2.64. The highest BCUT2D eigenvalue weighted by molar-refractivity contribution is 7.92. The van der Waals surface area contributed by atoms with Crippen LogP contribution in [0.3, 0.4) is 0 Å². The molecule has 4 nitrogen and oxygen atoms in total. The summed E-state index contributed by atoms with van der Waals surface area (Å²) in [5.74, 6) is -0.655. The van der Waals surface area contributed by atoms with E-state index in [0.717, 1.165) is 18.2 Å². The van der Waals surface area contributed by atoms with Gasteiger partial charge in [-0.1, -0.05) is 17.7 Å². The van der Waals surface area contributed by atoms with Gasteiger partial charge < -0.3 is 5.11 Å². The predicted molar refractivity (Wildman–Crippen MR) is 75.1 cm³/mol. The Morgan fingerprint density at radius 2 is 1.90 bits per heavy atom. The largest absolute Gasteiger partial charge is 0.508 e. The Hall–Kier alpha value is -1.79. The van der Waals surface area contributed by atoms with Crippen LogP contribution < -0.4 is 4.72 Å². The molecule has 2 N–H and O–H groups in total. The Kier molecular flexibility index (Phi) is 3.87. The highest BCUT2D eigenvalue weighted by Gasteiger charge is 2.18. The summed E-state index contributed by atoms with van der Waals surface area (Å²) < 4.78 is 39.5. The second kappa shape index (κ2) is 5.30. The summed E-state index contributed by atoms with van der Waals surface area (Å²) >= 11 is 5.73. The summed E-state index contributed by atoms with van der Waals surface area (Å²) in [7, 11) is -3.95. The zero-order valence-corrected chi connectivity index (χ0v) is 12.0. The number of sulfonamides is 1. The number of anilines is 1. The van der Waals surface area contributed by atoms with Crippen molar-refractivity contribution in [1.82, 2.24) is 0 Å². The first kappa shape index (κ1) is 14.6. The Balaban J connectivity index is 2.38. The number of aromatic hydroxyl groups is 1. The number of hydrogen-bond acceptors (Lipinski definition) is 3. The molecule has 20 heavy (non-hydrogen) atoms. The lowest BCUT2D eigenvalue weighted by atomic mass is 10.2. The molecule has 0 bridgehead atoms. The molecule has 0 saturated heterocycles. The molecule has 0 aliphatic heterocycles. The molecule has 0 atom stereocenters. The van der Waals surface area contributed by atoms with E-state index in [0.29, 0.717) is 5.56 Å². The fourth-order valence-corrected chi connectivity index (χ4v) is 3.16. The summed E-state index contributed by atoms with van der Waals surface area (Å²) in [6.45, 7) is 1.68. The van der Waals surface area contributed by atoms with Gasteiger partial charge in [0.25, 0.3) is 10.0 Å². The number of hydrogen-bond donors (Lipinski definition) is 2. The molecule has 0 aromatic heterocycles. The van der Waals surface area contributed by atoms with Gasteiger partial charge in [-0.05, 0) is 36.8 Å². The fourth-order valence-electron chi connectivity index (χ4n) is 1.58. The highest BCUT2D eigenvalue weighted by atomic mass is 35.5. The van der Waals surface area contributed by atoms with Crippen LogP contribution in [0.5, 0.6) is 5.75 Å². The Bertz CT molecular complexity index is 762. The van der Waals surface area contributed by atoms with Gasteiger partial charge in [0, 0.05) is 6.07 Å². The van der Waals surface area contributed by atoms with Gasteiger partial charge in [0.1, 0.15) is 16.5 Å². The molecule has 7 heteroatoms. The fraction of sp³-hybridized carbons (Fsp3) is 0.0769. The van der Waals surface area contributed by atoms with Gasteiger partial charge in [-0.2, -0.15) is 0 Å². The van der Waals surface area contributed by atoms with E-state index in [4.69, 9.17) is 11.6 Å². The number of rotatable bonds is 3. The maximum absolute atomic E-state index is 12.9. The normalized spacial score (nSPS) is 11.3. The molecule has 0 amide bonds. The van der Waals surface area contributed by atoms with Crippen molar-refractivity contribution in [1.29, 1.82) is 0 Å². The van der Waals surface area contributed by atoms with Gasteiger partial charge in [-0.15, -0.1) is 0 Å². The van der Waals surface area contributed by atoms with E-state index in [-0.39, 0.29) is 21.4 Å². The standard InChI is InChI=1S/C13H11ClFNO3S/c1-8-2-4-10(7-12(8)17)16-20(18,19)13-5-3-9(15)6-11(13)14/h2-7,16-17H,1H3. The second-order valence-corrected chi connectivity index (χ2v) is 6.24. The molecule has 0 saturated carbocycles. The van der Waals surface area contributed by atoms with Gasteiger partial charge in [0.2, 0.25) is 0 Å². The van der Waals surface area contributed by atoms with Crippen molar-refractivity contribution in [3.8, 4) is 5.75 Å². The number of phenolic OH excluding ortho intramolecular Hbond substituents is 1. The molecule has 0 heterocycles. The van der Waals surface area contributed by atoms with E-state index >= 15 is 0 Å². The lowest BCUT2D eigenvalue weighted by Crippen LogP contribution is -2.13. The van der Waals surface area contributed by atoms with Crippen LogP contribution >= 0.6 is 11.6 Å². The highest BCUT2D eigenvalue weighted by Crippen LogP contribution is 2.26. The molecule has 2 rings (SSSR count). The number of benzene rings is 2. The zero-order chi connectivity index (χ0) is 14.9. The monoisotopic (exact) mass is 315 g/mol. The molecule has 0 unspecified atom stereocenters. The summed E-state index contributed by atoms with van der Waals surface area (Å²) in [4.78, 5) is -0.236. The number of aryl methyl sites for hydroxylation is 1. The lowest BCUT2D eigenvalue weighted by molar-refractivity contribution is 0.471. The third kappa shape index (κ3) is 3.02. The van der Waals surface area contributed by atoms with Crippen molar-refractivity contribution < 1.29 is 17.9 Å². The second-order valence-electron chi connectivity index (χ2n) is 4.18. The van der Waals surface area contributed by atoms with Crippen LogP contribution in [0, 0.1) is 12.7 Å². The first-order chi connectivity index (χ1) is 9.29. The summed E-state index contributed by atoms with van der Waals surface area (Å²) in [5.41, 5.74) is 0.807. The van der Waals surface area contributed by atoms with Crippen molar-refractivity contribution in [3.05, 3.63) is 52.8 Å². The third-order valence-corrected chi connectivity index (χ3v) is 4.51. The molecular weight excluding hydrogens is 305 g/mol. The predicted octanol–water partition coefficient (Wildman–Crippen LogP) is 3.29. The molecule has 0 radical (unpaired) electrons. The van der Waals surface area contributed by atoms with Crippen molar-refractivity contribution in [3.63, 3.8) is 0 Å². The lowest BCUT2D eigenvalue weighted by Gasteiger charge is -2.10. The molecular formula is C13H11ClFNO3S. The molecule has 106 valence electrons. The van der Waals surface area contributed by atoms with Crippen molar-refractivity contribution in [2.75, 3.05) is 4.72 Å².